The molecule has 112 valence electrons. The number of pyridine rings is 1. The first kappa shape index (κ1) is 15.6. The Balaban J connectivity index is 2.40. The fourth-order valence-corrected chi connectivity index (χ4v) is 2.06. The number of nitrogen functional groups attached to an aromatic ring is 1. The van der Waals surface area contributed by atoms with Gasteiger partial charge in [-0.3, -0.25) is 0 Å². The Hall–Kier alpha value is -1.76. The topological polar surface area (TPSA) is 48.1 Å². The molecule has 21 heavy (non-hydrogen) atoms. The molecule has 0 unspecified atom stereocenters. The lowest BCUT2D eigenvalue weighted by atomic mass is 10.1. The minimum absolute atomic E-state index is 0.146. The number of benzene rings is 1. The Morgan fingerprint density at radius 3 is 2.57 bits per heavy atom. The third-order valence-corrected chi connectivity index (χ3v) is 3.25. The van der Waals surface area contributed by atoms with Gasteiger partial charge in [0.05, 0.1) is 5.69 Å². The molecule has 0 bridgehead atoms. The highest BCUT2D eigenvalue weighted by Crippen LogP contribution is 2.39. The molecular weight excluding hydrogens is 349 g/mol. The summed E-state index contributed by atoms with van der Waals surface area (Å²) in [5, 5.41) is 0. The zero-order valence-corrected chi connectivity index (χ0v) is 12.6. The van der Waals surface area contributed by atoms with Crippen LogP contribution in [-0.2, 0) is 12.6 Å². The Morgan fingerprint density at radius 2 is 2.00 bits per heavy atom. The Labute approximate surface area is 128 Å². The van der Waals surface area contributed by atoms with Gasteiger partial charge in [0.15, 0.2) is 5.75 Å². The van der Waals surface area contributed by atoms with Crippen molar-refractivity contribution >= 4 is 21.6 Å². The van der Waals surface area contributed by atoms with Crippen molar-refractivity contribution in [1.29, 1.82) is 0 Å². The molecular formula is C14H12BrF3N2O. The standard InChI is InChI=1S/C14H12BrF3N2O/c1-2-8-3-4-12(11(19)5-8)21-13-10(14(16,17)18)6-9(15)7-20-13/h3-7H,2,19H2,1H3. The summed E-state index contributed by atoms with van der Waals surface area (Å²) >= 11 is 2.96. The van der Waals surface area contributed by atoms with E-state index in [4.69, 9.17) is 10.5 Å². The molecule has 3 nitrogen and oxygen atoms in total. The van der Waals surface area contributed by atoms with Gasteiger partial charge in [-0.2, -0.15) is 13.2 Å². The predicted octanol–water partition coefficient (Wildman–Crippen LogP) is 4.80. The van der Waals surface area contributed by atoms with Crippen LogP contribution in [0.5, 0.6) is 11.6 Å². The highest BCUT2D eigenvalue weighted by atomic mass is 79.9. The number of alkyl halides is 3. The van der Waals surface area contributed by atoms with E-state index in [0.29, 0.717) is 0 Å². The zero-order chi connectivity index (χ0) is 15.6. The molecule has 2 N–H and O–H groups in total. The highest BCUT2D eigenvalue weighted by Gasteiger charge is 2.36. The molecule has 0 fully saturated rings. The average Bonchev–Trinajstić information content (AvgIpc) is 2.41. The minimum Gasteiger partial charge on any atom is -0.436 e. The van der Waals surface area contributed by atoms with Crippen molar-refractivity contribution in [3.63, 3.8) is 0 Å². The summed E-state index contributed by atoms with van der Waals surface area (Å²) in [6.07, 6.45) is -2.56. The van der Waals surface area contributed by atoms with Crippen LogP contribution in [0.2, 0.25) is 0 Å². The monoisotopic (exact) mass is 360 g/mol. The second-order valence-corrected chi connectivity index (χ2v) is 5.25. The molecule has 7 heteroatoms. The van der Waals surface area contributed by atoms with Gasteiger partial charge in [-0.1, -0.05) is 13.0 Å². The quantitative estimate of drug-likeness (QED) is 0.799. The number of hydrogen-bond acceptors (Lipinski definition) is 3. The first-order chi connectivity index (χ1) is 9.81. The van der Waals surface area contributed by atoms with Crippen molar-refractivity contribution in [1.82, 2.24) is 4.98 Å². The number of halogens is 4. The van der Waals surface area contributed by atoms with Gasteiger partial charge in [-0.25, -0.2) is 4.98 Å². The molecule has 0 aliphatic rings. The van der Waals surface area contributed by atoms with E-state index in [1.54, 1.807) is 12.1 Å². The first-order valence-electron chi connectivity index (χ1n) is 6.10. The molecule has 0 aliphatic carbocycles. The summed E-state index contributed by atoms with van der Waals surface area (Å²) < 4.78 is 44.4. The van der Waals surface area contributed by atoms with Crippen LogP contribution in [0.4, 0.5) is 18.9 Å². The van der Waals surface area contributed by atoms with Crippen LogP contribution in [0.25, 0.3) is 0 Å². The molecule has 0 aliphatic heterocycles. The largest absolute Gasteiger partial charge is 0.436 e. The van der Waals surface area contributed by atoms with Gasteiger partial charge < -0.3 is 10.5 Å². The van der Waals surface area contributed by atoms with Gasteiger partial charge in [-0.05, 0) is 46.1 Å². The van der Waals surface area contributed by atoms with Gasteiger partial charge in [0.1, 0.15) is 5.56 Å². The molecule has 1 aromatic heterocycles. The molecule has 0 radical (unpaired) electrons. The van der Waals surface area contributed by atoms with Crippen molar-refractivity contribution in [3.05, 3.63) is 46.1 Å². The molecule has 2 aromatic rings. The average molecular weight is 361 g/mol. The van der Waals surface area contributed by atoms with Gasteiger partial charge >= 0.3 is 6.18 Å². The Morgan fingerprint density at radius 1 is 1.29 bits per heavy atom. The van der Waals surface area contributed by atoms with Crippen LogP contribution in [0, 0.1) is 0 Å². The molecule has 0 atom stereocenters. The van der Waals surface area contributed by atoms with E-state index in [0.717, 1.165) is 18.1 Å². The summed E-state index contributed by atoms with van der Waals surface area (Å²) in [6.45, 7) is 1.95. The lowest BCUT2D eigenvalue weighted by molar-refractivity contribution is -0.138. The summed E-state index contributed by atoms with van der Waals surface area (Å²) in [5.74, 6) is -0.380. The number of nitrogens with two attached hydrogens (primary N) is 1. The molecule has 1 heterocycles. The fraction of sp³-hybridized carbons (Fsp3) is 0.214. The van der Waals surface area contributed by atoms with E-state index >= 15 is 0 Å². The Bertz CT molecular complexity index is 659. The van der Waals surface area contributed by atoms with E-state index in [9.17, 15) is 13.2 Å². The van der Waals surface area contributed by atoms with Crippen molar-refractivity contribution in [3.8, 4) is 11.6 Å². The number of rotatable bonds is 3. The molecule has 0 spiro atoms. The van der Waals surface area contributed by atoms with Crippen molar-refractivity contribution < 1.29 is 17.9 Å². The smallest absolute Gasteiger partial charge is 0.421 e. The predicted molar refractivity (Wildman–Crippen MR) is 77.2 cm³/mol. The molecule has 1 aromatic carbocycles. The third-order valence-electron chi connectivity index (χ3n) is 2.81. The van der Waals surface area contributed by atoms with Crippen molar-refractivity contribution in [2.75, 3.05) is 5.73 Å². The van der Waals surface area contributed by atoms with Crippen LogP contribution >= 0.6 is 15.9 Å². The third kappa shape index (κ3) is 3.66. The van der Waals surface area contributed by atoms with Gasteiger partial charge in [0.25, 0.3) is 0 Å². The second kappa shape index (κ2) is 5.93. The molecule has 0 saturated carbocycles. The van der Waals surface area contributed by atoms with E-state index in [2.05, 4.69) is 20.9 Å². The maximum Gasteiger partial charge on any atom is 0.421 e. The lowest BCUT2D eigenvalue weighted by Crippen LogP contribution is -2.09. The highest BCUT2D eigenvalue weighted by molar-refractivity contribution is 9.10. The van der Waals surface area contributed by atoms with Crippen molar-refractivity contribution in [2.24, 2.45) is 0 Å². The number of aryl methyl sites for hydroxylation is 1. The fourth-order valence-electron chi connectivity index (χ4n) is 1.73. The van der Waals surface area contributed by atoms with Crippen LogP contribution in [0.15, 0.2) is 34.9 Å². The second-order valence-electron chi connectivity index (χ2n) is 4.33. The molecule has 0 saturated heterocycles. The minimum atomic E-state index is -4.57. The van der Waals surface area contributed by atoms with E-state index < -0.39 is 17.6 Å². The summed E-state index contributed by atoms with van der Waals surface area (Å²) in [6, 6.07) is 5.87. The van der Waals surface area contributed by atoms with Crippen LogP contribution < -0.4 is 10.5 Å². The van der Waals surface area contributed by atoms with Gasteiger partial charge in [-0.15, -0.1) is 0 Å². The van der Waals surface area contributed by atoms with Crippen LogP contribution in [0.1, 0.15) is 18.1 Å². The van der Waals surface area contributed by atoms with Gasteiger partial charge in [0.2, 0.25) is 5.88 Å². The van der Waals surface area contributed by atoms with Gasteiger partial charge in [0, 0.05) is 10.7 Å². The molecule has 2 rings (SSSR count). The summed E-state index contributed by atoms with van der Waals surface area (Å²) in [5.41, 5.74) is 6.07. The maximum absolute atomic E-state index is 13.0. The van der Waals surface area contributed by atoms with E-state index in [1.165, 1.54) is 12.3 Å². The number of aromatic nitrogens is 1. The van der Waals surface area contributed by atoms with Crippen LogP contribution in [0.3, 0.4) is 0 Å². The number of nitrogens with zero attached hydrogens (tertiary/aromatic N) is 1. The number of ether oxygens (including phenoxy) is 1. The summed E-state index contributed by atoms with van der Waals surface area (Å²) in [4.78, 5) is 3.68. The molecule has 0 amide bonds. The van der Waals surface area contributed by atoms with Crippen molar-refractivity contribution in [2.45, 2.75) is 19.5 Å². The number of anilines is 1. The van der Waals surface area contributed by atoms with Crippen LogP contribution in [-0.4, -0.2) is 4.98 Å². The Kier molecular flexibility index (Phi) is 4.41. The SMILES string of the molecule is CCc1ccc(Oc2ncc(Br)cc2C(F)(F)F)c(N)c1. The normalized spacial score (nSPS) is 11.5. The van der Waals surface area contributed by atoms with E-state index in [1.807, 2.05) is 6.92 Å². The lowest BCUT2D eigenvalue weighted by Gasteiger charge is -2.14. The zero-order valence-electron chi connectivity index (χ0n) is 11.0. The number of hydrogen-bond donors (Lipinski definition) is 1. The first-order valence-corrected chi connectivity index (χ1v) is 6.89. The van der Waals surface area contributed by atoms with E-state index in [-0.39, 0.29) is 15.9 Å². The summed E-state index contributed by atoms with van der Waals surface area (Å²) in [7, 11) is 0. The maximum atomic E-state index is 13.0.